The normalized spacial score (nSPS) is 12.0. The molecule has 0 saturated carbocycles. The lowest BCUT2D eigenvalue weighted by molar-refractivity contribution is -0.385. The molecule has 0 saturated heterocycles. The highest BCUT2D eigenvalue weighted by Gasteiger charge is 2.11. The summed E-state index contributed by atoms with van der Waals surface area (Å²) in [6.07, 6.45) is 3.83. The van der Waals surface area contributed by atoms with Gasteiger partial charge in [-0.1, -0.05) is 18.2 Å². The van der Waals surface area contributed by atoms with E-state index in [0.29, 0.717) is 4.47 Å². The van der Waals surface area contributed by atoms with Gasteiger partial charge in [-0.15, -0.1) is 0 Å². The lowest BCUT2D eigenvalue weighted by atomic mass is 10.1. The van der Waals surface area contributed by atoms with Crippen molar-refractivity contribution in [1.82, 2.24) is 5.32 Å². The van der Waals surface area contributed by atoms with Crippen LogP contribution in [-0.2, 0) is 0 Å². The van der Waals surface area contributed by atoms with Crippen molar-refractivity contribution in [3.8, 4) is 0 Å². The van der Waals surface area contributed by atoms with Gasteiger partial charge in [0.2, 0.25) is 0 Å². The van der Waals surface area contributed by atoms with Crippen LogP contribution in [-0.4, -0.2) is 17.0 Å². The molecule has 0 radical (unpaired) electrons. The summed E-state index contributed by atoms with van der Waals surface area (Å²) < 4.78 is 0.498. The van der Waals surface area contributed by atoms with Crippen molar-refractivity contribution in [2.24, 2.45) is 0 Å². The number of hydrogen-bond acceptors (Lipinski definition) is 3. The van der Waals surface area contributed by atoms with Gasteiger partial charge in [0.05, 0.1) is 9.40 Å². The van der Waals surface area contributed by atoms with Gasteiger partial charge < -0.3 is 5.32 Å². The number of halogens is 1. The molecule has 98 valence electrons. The van der Waals surface area contributed by atoms with Crippen LogP contribution >= 0.6 is 15.9 Å². The van der Waals surface area contributed by atoms with Gasteiger partial charge in [-0.3, -0.25) is 10.1 Å². The third-order valence-electron chi connectivity index (χ3n) is 2.23. The van der Waals surface area contributed by atoms with Crippen molar-refractivity contribution in [2.75, 3.05) is 6.54 Å². The first-order valence-electron chi connectivity index (χ1n) is 5.65. The molecule has 0 bridgehead atoms. The molecule has 0 aliphatic heterocycles. The molecule has 0 heterocycles. The summed E-state index contributed by atoms with van der Waals surface area (Å²) in [5, 5.41) is 14.1. The molecule has 0 aromatic heterocycles. The molecular weight excluding hydrogens is 296 g/mol. The minimum absolute atomic E-state index is 0.0655. The van der Waals surface area contributed by atoms with Crippen LogP contribution in [0.15, 0.2) is 28.7 Å². The third kappa shape index (κ3) is 4.98. The van der Waals surface area contributed by atoms with E-state index in [1.807, 2.05) is 18.2 Å². The lowest BCUT2D eigenvalue weighted by Gasteiger charge is -2.18. The Morgan fingerprint density at radius 1 is 1.44 bits per heavy atom. The van der Waals surface area contributed by atoms with Crippen LogP contribution in [0.2, 0.25) is 0 Å². The van der Waals surface area contributed by atoms with Crippen LogP contribution in [0.4, 0.5) is 5.69 Å². The number of rotatable bonds is 4. The standard InChI is InChI=1S/C13H17BrN2O2/c1-13(2,3)15-8-4-5-10-6-7-11(14)12(9-10)16(17)18/h4-7,9,15H,8H2,1-3H3. The number of hydrogen-bond donors (Lipinski definition) is 1. The Bertz CT molecular complexity index is 465. The van der Waals surface area contributed by atoms with Gasteiger partial charge >= 0.3 is 0 Å². The number of nitrogens with zero attached hydrogens (tertiary/aromatic N) is 1. The van der Waals surface area contributed by atoms with Crippen molar-refractivity contribution in [3.63, 3.8) is 0 Å². The van der Waals surface area contributed by atoms with Gasteiger partial charge in [0.15, 0.2) is 0 Å². The highest BCUT2D eigenvalue weighted by Crippen LogP contribution is 2.25. The van der Waals surface area contributed by atoms with Crippen molar-refractivity contribution in [2.45, 2.75) is 26.3 Å². The minimum Gasteiger partial charge on any atom is -0.309 e. The van der Waals surface area contributed by atoms with Crippen LogP contribution in [0.25, 0.3) is 6.08 Å². The number of nitro groups is 1. The molecule has 0 unspecified atom stereocenters. The second kappa shape index (κ2) is 6.11. The predicted octanol–water partition coefficient (Wildman–Crippen LogP) is 3.76. The summed E-state index contributed by atoms with van der Waals surface area (Å²) in [5.41, 5.74) is 0.970. The quantitative estimate of drug-likeness (QED) is 0.680. The van der Waals surface area contributed by atoms with E-state index in [2.05, 4.69) is 42.0 Å². The molecule has 18 heavy (non-hydrogen) atoms. The summed E-state index contributed by atoms with van der Waals surface area (Å²) in [4.78, 5) is 10.4. The summed E-state index contributed by atoms with van der Waals surface area (Å²) in [7, 11) is 0. The number of benzene rings is 1. The van der Waals surface area contributed by atoms with Crippen LogP contribution < -0.4 is 5.32 Å². The van der Waals surface area contributed by atoms with Gasteiger partial charge in [-0.05, 0) is 48.3 Å². The SMILES string of the molecule is CC(C)(C)NCC=Cc1ccc(Br)c([N+](=O)[O-])c1. The summed E-state index contributed by atoms with van der Waals surface area (Å²) in [6.45, 7) is 7.00. The van der Waals surface area contributed by atoms with Crippen molar-refractivity contribution >= 4 is 27.7 Å². The van der Waals surface area contributed by atoms with Crippen LogP contribution in [0.3, 0.4) is 0 Å². The van der Waals surface area contributed by atoms with Gasteiger partial charge in [0, 0.05) is 18.2 Å². The van der Waals surface area contributed by atoms with E-state index >= 15 is 0 Å². The monoisotopic (exact) mass is 312 g/mol. The fourth-order valence-electron chi connectivity index (χ4n) is 1.33. The molecule has 0 amide bonds. The Kier molecular flexibility index (Phi) is 5.04. The second-order valence-electron chi connectivity index (χ2n) is 5.00. The smallest absolute Gasteiger partial charge is 0.284 e. The van der Waals surface area contributed by atoms with Crippen molar-refractivity contribution in [1.29, 1.82) is 0 Å². The molecule has 1 rings (SSSR count). The zero-order valence-corrected chi connectivity index (χ0v) is 12.3. The minimum atomic E-state index is -0.394. The first kappa shape index (κ1) is 14.9. The highest BCUT2D eigenvalue weighted by molar-refractivity contribution is 9.10. The molecule has 1 N–H and O–H groups in total. The zero-order valence-electron chi connectivity index (χ0n) is 10.7. The average Bonchev–Trinajstić information content (AvgIpc) is 2.24. The Morgan fingerprint density at radius 3 is 2.67 bits per heavy atom. The van der Waals surface area contributed by atoms with E-state index in [-0.39, 0.29) is 11.2 Å². The Hall–Kier alpha value is -1.20. The molecule has 0 fully saturated rings. The number of nitrogens with one attached hydrogen (secondary N) is 1. The Morgan fingerprint density at radius 2 is 2.11 bits per heavy atom. The maximum Gasteiger partial charge on any atom is 0.284 e. The summed E-state index contributed by atoms with van der Waals surface area (Å²) >= 11 is 3.16. The van der Waals surface area contributed by atoms with Gasteiger partial charge in [-0.25, -0.2) is 0 Å². The van der Waals surface area contributed by atoms with E-state index in [1.165, 1.54) is 0 Å². The first-order chi connectivity index (χ1) is 8.29. The summed E-state index contributed by atoms with van der Waals surface area (Å²) in [6, 6.07) is 5.08. The molecule has 1 aromatic carbocycles. The van der Waals surface area contributed by atoms with Crippen LogP contribution in [0.5, 0.6) is 0 Å². The van der Waals surface area contributed by atoms with Gasteiger partial charge in [0.25, 0.3) is 5.69 Å². The van der Waals surface area contributed by atoms with Crippen LogP contribution in [0, 0.1) is 10.1 Å². The van der Waals surface area contributed by atoms with E-state index in [1.54, 1.807) is 12.1 Å². The second-order valence-corrected chi connectivity index (χ2v) is 5.86. The summed E-state index contributed by atoms with van der Waals surface area (Å²) in [5.74, 6) is 0. The molecule has 0 spiro atoms. The van der Waals surface area contributed by atoms with Gasteiger partial charge in [-0.2, -0.15) is 0 Å². The third-order valence-corrected chi connectivity index (χ3v) is 2.90. The van der Waals surface area contributed by atoms with Crippen molar-refractivity contribution in [3.05, 3.63) is 44.4 Å². The topological polar surface area (TPSA) is 55.2 Å². The van der Waals surface area contributed by atoms with Crippen LogP contribution in [0.1, 0.15) is 26.3 Å². The molecule has 1 aromatic rings. The maximum atomic E-state index is 10.8. The average molecular weight is 313 g/mol. The van der Waals surface area contributed by atoms with Gasteiger partial charge in [0.1, 0.15) is 0 Å². The molecule has 0 aliphatic carbocycles. The van der Waals surface area contributed by atoms with Crippen molar-refractivity contribution < 1.29 is 4.92 Å². The molecular formula is C13H17BrN2O2. The van der Waals surface area contributed by atoms with E-state index in [0.717, 1.165) is 12.1 Å². The van der Waals surface area contributed by atoms with E-state index < -0.39 is 4.92 Å². The first-order valence-corrected chi connectivity index (χ1v) is 6.44. The molecule has 5 heteroatoms. The molecule has 0 aliphatic rings. The molecule has 4 nitrogen and oxygen atoms in total. The Balaban J connectivity index is 2.71. The Labute approximate surface area is 115 Å². The van der Waals surface area contributed by atoms with E-state index in [9.17, 15) is 10.1 Å². The fraction of sp³-hybridized carbons (Fsp3) is 0.385. The largest absolute Gasteiger partial charge is 0.309 e. The lowest BCUT2D eigenvalue weighted by Crippen LogP contribution is -2.35. The number of nitro benzene ring substituents is 1. The fourth-order valence-corrected chi connectivity index (χ4v) is 1.72. The zero-order chi connectivity index (χ0) is 13.8. The predicted molar refractivity (Wildman–Crippen MR) is 77.6 cm³/mol. The van der Waals surface area contributed by atoms with E-state index in [4.69, 9.17) is 0 Å². The highest BCUT2D eigenvalue weighted by atomic mass is 79.9. The molecule has 0 atom stereocenters. The maximum absolute atomic E-state index is 10.8.